The molecule has 40 heavy (non-hydrogen) atoms. The summed E-state index contributed by atoms with van der Waals surface area (Å²) >= 11 is 3.70. The molecule has 10 nitrogen and oxygen atoms in total. The molecule has 208 valence electrons. The smallest absolute Gasteiger partial charge is 0.248 e. The minimum Gasteiger partial charge on any atom is -0.496 e. The Morgan fingerprint density at radius 1 is 1.15 bits per heavy atom. The molecule has 2 saturated heterocycles. The van der Waals surface area contributed by atoms with Gasteiger partial charge in [0.2, 0.25) is 5.91 Å². The van der Waals surface area contributed by atoms with Gasteiger partial charge in [-0.25, -0.2) is 4.98 Å². The lowest BCUT2D eigenvalue weighted by Gasteiger charge is -2.44. The van der Waals surface area contributed by atoms with Crippen LogP contribution in [-0.2, 0) is 16.8 Å². The highest BCUT2D eigenvalue weighted by Crippen LogP contribution is 2.49. The van der Waals surface area contributed by atoms with E-state index >= 15 is 0 Å². The van der Waals surface area contributed by atoms with E-state index in [1.165, 1.54) is 0 Å². The highest BCUT2D eigenvalue weighted by atomic mass is 79.9. The molecule has 0 saturated carbocycles. The molecule has 1 aromatic carbocycles. The van der Waals surface area contributed by atoms with E-state index in [9.17, 15) is 15.0 Å². The predicted molar refractivity (Wildman–Crippen MR) is 154 cm³/mol. The van der Waals surface area contributed by atoms with Crippen LogP contribution in [-0.4, -0.2) is 66.4 Å². The number of carbonyl (C=O) groups is 1. The van der Waals surface area contributed by atoms with Crippen LogP contribution in [0.15, 0.2) is 47.2 Å². The molecule has 2 bridgehead atoms. The molecule has 2 fully saturated rings. The maximum absolute atomic E-state index is 12.4. The van der Waals surface area contributed by atoms with Gasteiger partial charge in [0.15, 0.2) is 5.65 Å². The molecule has 5 heterocycles. The number of aliphatic hydroxyl groups excluding tert-OH is 2. The van der Waals surface area contributed by atoms with Gasteiger partial charge >= 0.3 is 0 Å². The first-order valence-electron chi connectivity index (χ1n) is 13.3. The van der Waals surface area contributed by atoms with E-state index in [0.717, 1.165) is 53.8 Å². The number of nitrogen functional groups attached to an aromatic ring is 1. The zero-order valence-corrected chi connectivity index (χ0v) is 23.9. The monoisotopic (exact) mass is 606 g/mol. The van der Waals surface area contributed by atoms with Crippen LogP contribution >= 0.6 is 15.9 Å². The van der Waals surface area contributed by atoms with Crippen molar-refractivity contribution in [1.82, 2.24) is 24.5 Å². The first kappa shape index (κ1) is 26.7. The Morgan fingerprint density at radius 2 is 1.88 bits per heavy atom. The third-order valence-corrected chi connectivity index (χ3v) is 9.21. The number of anilines is 1. The number of nitrogens with zero attached hydrogens (tertiary/aromatic N) is 5. The number of carbonyl (C=O) groups excluding carboxylic acids is 1. The van der Waals surface area contributed by atoms with Crippen LogP contribution in [0.25, 0.3) is 28.0 Å². The summed E-state index contributed by atoms with van der Waals surface area (Å²) in [6, 6.07) is 9.65. The SMILES string of the molecule is COc1ccc(-c2ccc(-c3cnn4c(N)c(Br)c(C5(C)CC6CCC(C5)N6C(=O)CO)nc34)cn2)cc1CO. The first-order valence-corrected chi connectivity index (χ1v) is 14.1. The second-order valence-electron chi connectivity index (χ2n) is 10.9. The lowest BCUT2D eigenvalue weighted by Crippen LogP contribution is -2.52. The number of rotatable bonds is 6. The average Bonchev–Trinajstić information content (AvgIpc) is 3.53. The van der Waals surface area contributed by atoms with Gasteiger partial charge in [-0.15, -0.1) is 0 Å². The third-order valence-electron chi connectivity index (χ3n) is 8.43. The van der Waals surface area contributed by atoms with Gasteiger partial charge in [0.25, 0.3) is 0 Å². The second kappa shape index (κ2) is 10.1. The van der Waals surface area contributed by atoms with Gasteiger partial charge in [0.1, 0.15) is 18.2 Å². The predicted octanol–water partition coefficient (Wildman–Crippen LogP) is 3.71. The molecule has 6 rings (SSSR count). The van der Waals surface area contributed by atoms with Crippen LogP contribution in [0.3, 0.4) is 0 Å². The minimum atomic E-state index is -0.461. The van der Waals surface area contributed by atoms with Gasteiger partial charge in [0, 0.05) is 45.9 Å². The molecule has 4 aromatic rings. The molecule has 4 N–H and O–H groups in total. The number of aromatic nitrogens is 4. The fraction of sp³-hybridized carbons (Fsp3) is 0.379. The lowest BCUT2D eigenvalue weighted by molar-refractivity contribution is -0.139. The normalized spacial score (nSPS) is 22.2. The highest BCUT2D eigenvalue weighted by molar-refractivity contribution is 9.10. The van der Waals surface area contributed by atoms with Gasteiger partial charge < -0.3 is 25.6 Å². The number of piperidine rings is 1. The van der Waals surface area contributed by atoms with Crippen LogP contribution < -0.4 is 10.5 Å². The molecule has 2 atom stereocenters. The molecular weight excluding hydrogens is 576 g/mol. The number of aliphatic hydroxyl groups is 2. The average molecular weight is 608 g/mol. The summed E-state index contributed by atoms with van der Waals surface area (Å²) in [5.74, 6) is 0.896. The number of benzene rings is 1. The summed E-state index contributed by atoms with van der Waals surface area (Å²) in [4.78, 5) is 24.1. The van der Waals surface area contributed by atoms with Crippen LogP contribution in [0.4, 0.5) is 5.82 Å². The Bertz CT molecular complexity index is 1590. The topological polar surface area (TPSA) is 139 Å². The number of methoxy groups -OCH3 is 1. The maximum atomic E-state index is 12.4. The Morgan fingerprint density at radius 3 is 2.50 bits per heavy atom. The standard InChI is InChI=1S/C29H31BrN6O4/c1-29(10-19-5-6-20(11-29)35(19)24(39)15-38)26-25(30)27(31)36-28(34-26)21(13-33-36)17-3-7-22(32-12-17)16-4-8-23(40-2)18(9-16)14-37/h3-4,7-9,12-13,19-20,37-38H,5-6,10-11,14-15,31H2,1-2H3. The van der Waals surface area contributed by atoms with E-state index in [1.807, 2.05) is 35.2 Å². The molecule has 2 aliphatic rings. The maximum Gasteiger partial charge on any atom is 0.248 e. The zero-order valence-electron chi connectivity index (χ0n) is 22.3. The van der Waals surface area contributed by atoms with Gasteiger partial charge in [-0.2, -0.15) is 9.61 Å². The number of fused-ring (bicyclic) bond motifs is 3. The van der Waals surface area contributed by atoms with E-state index in [4.69, 9.17) is 15.5 Å². The van der Waals surface area contributed by atoms with Gasteiger partial charge in [-0.05, 0) is 65.9 Å². The Kier molecular flexibility index (Phi) is 6.76. The highest BCUT2D eigenvalue weighted by Gasteiger charge is 2.50. The molecule has 3 aromatic heterocycles. The number of halogens is 1. The van der Waals surface area contributed by atoms with E-state index in [0.29, 0.717) is 27.3 Å². The quantitative estimate of drug-likeness (QED) is 0.302. The third kappa shape index (κ3) is 4.23. The van der Waals surface area contributed by atoms with Gasteiger partial charge in [-0.3, -0.25) is 9.78 Å². The molecule has 11 heteroatoms. The molecule has 2 aliphatic heterocycles. The summed E-state index contributed by atoms with van der Waals surface area (Å²) in [5, 5.41) is 23.7. The molecule has 1 amide bonds. The van der Waals surface area contributed by atoms with Crippen molar-refractivity contribution >= 4 is 33.3 Å². The van der Waals surface area contributed by atoms with Crippen molar-refractivity contribution in [3.63, 3.8) is 0 Å². The van der Waals surface area contributed by atoms with E-state index in [-0.39, 0.29) is 30.0 Å². The van der Waals surface area contributed by atoms with Crippen molar-refractivity contribution in [2.24, 2.45) is 0 Å². The minimum absolute atomic E-state index is 0.0694. The first-order chi connectivity index (χ1) is 19.3. The van der Waals surface area contributed by atoms with Crippen LogP contribution in [0.5, 0.6) is 5.75 Å². The molecule has 2 unspecified atom stereocenters. The zero-order chi connectivity index (χ0) is 28.2. The van der Waals surface area contributed by atoms with Crippen LogP contribution in [0.1, 0.15) is 43.9 Å². The number of hydrogen-bond acceptors (Lipinski definition) is 8. The summed E-state index contributed by atoms with van der Waals surface area (Å²) in [6.07, 6.45) is 6.87. The van der Waals surface area contributed by atoms with Crippen LogP contribution in [0.2, 0.25) is 0 Å². The second-order valence-corrected chi connectivity index (χ2v) is 11.7. The van der Waals surface area contributed by atoms with Gasteiger partial charge in [-0.1, -0.05) is 13.0 Å². The van der Waals surface area contributed by atoms with Crippen molar-refractivity contribution in [2.75, 3.05) is 19.5 Å². The summed E-state index contributed by atoms with van der Waals surface area (Å²) < 4.78 is 7.66. The van der Waals surface area contributed by atoms with E-state index < -0.39 is 6.61 Å². The Labute approximate surface area is 239 Å². The van der Waals surface area contributed by atoms with Crippen molar-refractivity contribution in [2.45, 2.75) is 56.7 Å². The van der Waals surface area contributed by atoms with E-state index in [1.54, 1.807) is 24.0 Å². The van der Waals surface area contributed by atoms with Crippen LogP contribution in [0, 0.1) is 0 Å². The summed E-state index contributed by atoms with van der Waals surface area (Å²) in [6.45, 7) is 1.60. The summed E-state index contributed by atoms with van der Waals surface area (Å²) in [5.41, 5.74) is 11.8. The van der Waals surface area contributed by atoms with Crippen molar-refractivity contribution < 1.29 is 19.7 Å². The molecule has 0 spiro atoms. The number of hydrogen-bond donors (Lipinski definition) is 3. The number of nitrogens with two attached hydrogens (primary N) is 1. The van der Waals surface area contributed by atoms with E-state index in [2.05, 4.69) is 32.9 Å². The molecule has 0 radical (unpaired) electrons. The summed E-state index contributed by atoms with van der Waals surface area (Å²) in [7, 11) is 1.58. The number of ether oxygens (including phenoxy) is 1. The fourth-order valence-corrected chi connectivity index (χ4v) is 7.29. The number of pyridine rings is 1. The molecule has 0 aliphatic carbocycles. The lowest BCUT2D eigenvalue weighted by atomic mass is 9.73. The van der Waals surface area contributed by atoms with Crippen molar-refractivity contribution in [3.05, 3.63) is 58.5 Å². The Hall–Kier alpha value is -3.54. The Balaban J connectivity index is 1.36. The largest absolute Gasteiger partial charge is 0.496 e. The molecular formula is C29H31BrN6O4. The fourth-order valence-electron chi connectivity index (χ4n) is 6.55. The van der Waals surface area contributed by atoms with Crippen molar-refractivity contribution in [1.29, 1.82) is 0 Å². The number of amides is 1. The van der Waals surface area contributed by atoms with Gasteiger partial charge in [0.05, 0.1) is 35.8 Å². The van der Waals surface area contributed by atoms with Crippen molar-refractivity contribution in [3.8, 4) is 28.1 Å².